The molecule has 5 nitrogen and oxygen atoms in total. The van der Waals surface area contributed by atoms with Gasteiger partial charge in [-0.05, 0) is 55.5 Å². The lowest BCUT2D eigenvalue weighted by Crippen LogP contribution is -2.28. The molecule has 1 fully saturated rings. The van der Waals surface area contributed by atoms with E-state index in [9.17, 15) is 17.6 Å². The molecule has 0 aliphatic heterocycles. The number of alkyl halides is 3. The number of benzene rings is 1. The van der Waals surface area contributed by atoms with Gasteiger partial charge in [-0.1, -0.05) is 0 Å². The van der Waals surface area contributed by atoms with E-state index in [2.05, 4.69) is 20.3 Å². The molecule has 0 radical (unpaired) electrons. The average molecular weight is 447 g/mol. The summed E-state index contributed by atoms with van der Waals surface area (Å²) in [5.41, 5.74) is 2.61. The number of aromatic nitrogens is 4. The molecule has 170 valence electrons. The average Bonchev–Trinajstić information content (AvgIpc) is 3.21. The van der Waals surface area contributed by atoms with Gasteiger partial charge in [0.1, 0.15) is 5.82 Å². The van der Waals surface area contributed by atoms with Gasteiger partial charge in [0.2, 0.25) is 11.9 Å². The van der Waals surface area contributed by atoms with Crippen molar-refractivity contribution in [3.8, 4) is 22.6 Å². The molecule has 0 spiro atoms. The summed E-state index contributed by atoms with van der Waals surface area (Å²) in [6.07, 6.45) is 4.31. The van der Waals surface area contributed by atoms with Crippen LogP contribution in [-0.4, -0.2) is 38.7 Å². The first kappa shape index (κ1) is 22.2. The van der Waals surface area contributed by atoms with E-state index in [0.717, 1.165) is 5.56 Å². The van der Waals surface area contributed by atoms with Crippen molar-refractivity contribution in [3.05, 3.63) is 48.7 Å². The van der Waals surface area contributed by atoms with E-state index in [0.29, 0.717) is 55.4 Å². The summed E-state index contributed by atoms with van der Waals surface area (Å²) in [5, 5.41) is 3.17. The first-order valence-corrected chi connectivity index (χ1v) is 10.8. The number of halogens is 4. The summed E-state index contributed by atoms with van der Waals surface area (Å²) < 4.78 is 54.8. The Morgan fingerprint density at radius 2 is 1.81 bits per heavy atom. The largest absolute Gasteiger partial charge is 0.354 e. The molecule has 0 bridgehead atoms. The molecule has 4 rings (SSSR count). The maximum absolute atomic E-state index is 13.4. The van der Waals surface area contributed by atoms with Crippen molar-refractivity contribution in [3.63, 3.8) is 0 Å². The van der Waals surface area contributed by atoms with Gasteiger partial charge in [0.25, 0.3) is 0 Å². The fraction of sp³-hybridized carbons (Fsp3) is 0.435. The van der Waals surface area contributed by atoms with Crippen molar-refractivity contribution in [2.45, 2.75) is 44.6 Å². The second-order valence-electron chi connectivity index (χ2n) is 8.13. The number of hydrogen-bond acceptors (Lipinski definition) is 4. The third kappa shape index (κ3) is 5.26. The second-order valence-corrected chi connectivity index (χ2v) is 8.13. The van der Waals surface area contributed by atoms with Crippen molar-refractivity contribution in [1.29, 1.82) is 0 Å². The van der Waals surface area contributed by atoms with Gasteiger partial charge in [-0.2, -0.15) is 0 Å². The number of nitrogens with one attached hydrogen (secondary N) is 1. The monoisotopic (exact) mass is 447 g/mol. The lowest BCUT2D eigenvalue weighted by atomic mass is 9.87. The predicted octanol–water partition coefficient (Wildman–Crippen LogP) is 5.74. The number of anilines is 1. The molecular formula is C23H25F4N5. The van der Waals surface area contributed by atoms with Crippen molar-refractivity contribution >= 4 is 5.95 Å². The topological polar surface area (TPSA) is 55.6 Å². The van der Waals surface area contributed by atoms with Crippen molar-refractivity contribution < 1.29 is 17.6 Å². The molecule has 2 aromatic heterocycles. The van der Waals surface area contributed by atoms with Crippen LogP contribution in [0.2, 0.25) is 0 Å². The van der Waals surface area contributed by atoms with Gasteiger partial charge in [-0.15, -0.1) is 0 Å². The fourth-order valence-corrected chi connectivity index (χ4v) is 3.98. The Morgan fingerprint density at radius 3 is 2.53 bits per heavy atom. The molecule has 1 N–H and O–H groups in total. The van der Waals surface area contributed by atoms with Crippen LogP contribution in [-0.2, 0) is 6.54 Å². The zero-order valence-electron chi connectivity index (χ0n) is 17.6. The Kier molecular flexibility index (Phi) is 6.72. The lowest BCUT2D eigenvalue weighted by Gasteiger charge is -2.28. The highest BCUT2D eigenvalue weighted by atomic mass is 19.3. The minimum Gasteiger partial charge on any atom is -0.354 e. The summed E-state index contributed by atoms with van der Waals surface area (Å²) in [6.45, 7) is 0.481. The van der Waals surface area contributed by atoms with Crippen LogP contribution < -0.4 is 5.32 Å². The van der Waals surface area contributed by atoms with Gasteiger partial charge in [0, 0.05) is 37.7 Å². The van der Waals surface area contributed by atoms with Crippen molar-refractivity contribution in [2.75, 3.05) is 18.5 Å². The van der Waals surface area contributed by atoms with Crippen LogP contribution in [0.4, 0.5) is 23.5 Å². The number of rotatable bonds is 8. The zero-order chi connectivity index (χ0) is 22.6. The molecule has 0 amide bonds. The van der Waals surface area contributed by atoms with Gasteiger partial charge in [0.15, 0.2) is 0 Å². The standard InChI is InChI=1S/C23H25F4N5/c24-11-1-13-32-15-30-20(17-2-4-18(25)5-3-17)21(32)19-8-12-28-22(31-19)29-14-16-6-9-23(26,27)10-7-16/h2-5,8,12,15-16H,1,6-7,9-11,13-14H2,(H,28,29,31). The molecule has 2 heterocycles. The predicted molar refractivity (Wildman–Crippen MR) is 115 cm³/mol. The normalized spacial score (nSPS) is 16.2. The van der Waals surface area contributed by atoms with E-state index in [1.165, 1.54) is 12.1 Å². The second kappa shape index (κ2) is 9.67. The zero-order valence-corrected chi connectivity index (χ0v) is 17.6. The van der Waals surface area contributed by atoms with E-state index >= 15 is 0 Å². The maximum atomic E-state index is 13.4. The van der Waals surface area contributed by atoms with Gasteiger partial charge >= 0.3 is 0 Å². The number of imidazole rings is 1. The number of aryl methyl sites for hydroxylation is 1. The Morgan fingerprint density at radius 1 is 1.06 bits per heavy atom. The maximum Gasteiger partial charge on any atom is 0.248 e. The van der Waals surface area contributed by atoms with Crippen LogP contribution >= 0.6 is 0 Å². The van der Waals surface area contributed by atoms with E-state index in [1.807, 2.05) is 4.57 Å². The summed E-state index contributed by atoms with van der Waals surface area (Å²) in [4.78, 5) is 13.3. The van der Waals surface area contributed by atoms with Crippen molar-refractivity contribution in [1.82, 2.24) is 19.5 Å². The van der Waals surface area contributed by atoms with Gasteiger partial charge in [-0.3, -0.25) is 4.39 Å². The highest BCUT2D eigenvalue weighted by Gasteiger charge is 2.34. The van der Waals surface area contributed by atoms with Crippen LogP contribution in [0.25, 0.3) is 22.6 Å². The molecule has 0 atom stereocenters. The molecule has 0 saturated heterocycles. The Balaban J connectivity index is 1.57. The Hall–Kier alpha value is -2.97. The van der Waals surface area contributed by atoms with E-state index < -0.39 is 12.6 Å². The molecular weight excluding hydrogens is 422 g/mol. The van der Waals surface area contributed by atoms with Crippen LogP contribution in [0.3, 0.4) is 0 Å². The van der Waals surface area contributed by atoms with Crippen LogP contribution in [0.15, 0.2) is 42.9 Å². The van der Waals surface area contributed by atoms with E-state index in [-0.39, 0.29) is 24.6 Å². The van der Waals surface area contributed by atoms with Crippen LogP contribution in [0.5, 0.6) is 0 Å². The van der Waals surface area contributed by atoms with Gasteiger partial charge < -0.3 is 9.88 Å². The smallest absolute Gasteiger partial charge is 0.248 e. The van der Waals surface area contributed by atoms with Crippen LogP contribution in [0.1, 0.15) is 32.1 Å². The van der Waals surface area contributed by atoms with Gasteiger partial charge in [0.05, 0.1) is 30.1 Å². The molecule has 32 heavy (non-hydrogen) atoms. The minimum absolute atomic E-state index is 0.0883. The molecule has 9 heteroatoms. The fourth-order valence-electron chi connectivity index (χ4n) is 3.98. The Bertz CT molecular complexity index is 1030. The molecule has 3 aromatic rings. The first-order chi connectivity index (χ1) is 15.4. The first-order valence-electron chi connectivity index (χ1n) is 10.8. The number of hydrogen-bond donors (Lipinski definition) is 1. The summed E-state index contributed by atoms with van der Waals surface area (Å²) in [5.74, 6) is -2.36. The molecule has 0 unspecified atom stereocenters. The highest BCUT2D eigenvalue weighted by molar-refractivity contribution is 5.77. The summed E-state index contributed by atoms with van der Waals surface area (Å²) in [6, 6.07) is 7.74. The summed E-state index contributed by atoms with van der Waals surface area (Å²) >= 11 is 0. The highest BCUT2D eigenvalue weighted by Crippen LogP contribution is 2.36. The lowest BCUT2D eigenvalue weighted by molar-refractivity contribution is -0.0443. The van der Waals surface area contributed by atoms with Crippen LogP contribution in [0, 0.1) is 11.7 Å². The Labute approximate surface area is 183 Å². The molecule has 1 saturated carbocycles. The van der Waals surface area contributed by atoms with Crippen molar-refractivity contribution in [2.24, 2.45) is 5.92 Å². The van der Waals surface area contributed by atoms with Gasteiger partial charge in [-0.25, -0.2) is 28.1 Å². The molecule has 1 aliphatic rings. The van der Waals surface area contributed by atoms with E-state index in [1.54, 1.807) is 30.7 Å². The van der Waals surface area contributed by atoms with E-state index in [4.69, 9.17) is 0 Å². The third-order valence-electron chi connectivity index (χ3n) is 5.77. The third-order valence-corrected chi connectivity index (χ3v) is 5.77. The quantitative estimate of drug-likeness (QED) is 0.447. The molecule has 1 aromatic carbocycles. The SMILES string of the molecule is FCCCn1cnc(-c2ccc(F)cc2)c1-c1ccnc(NCC2CCC(F)(F)CC2)n1. The number of nitrogens with zero attached hydrogens (tertiary/aromatic N) is 4. The minimum atomic E-state index is -2.55. The summed E-state index contributed by atoms with van der Waals surface area (Å²) in [7, 11) is 0. The molecule has 1 aliphatic carbocycles.